The molecule has 2 nitrogen and oxygen atoms in total. The number of rotatable bonds is 8. The number of carbonyl (C=O) groups is 1. The molecule has 1 rings (SSSR count). The molecule has 0 heterocycles. The van der Waals surface area contributed by atoms with Crippen molar-refractivity contribution in [1.29, 1.82) is 0 Å². The second-order valence-corrected chi connectivity index (χ2v) is 6.04. The summed E-state index contributed by atoms with van der Waals surface area (Å²) in [5, 5.41) is 0. The van der Waals surface area contributed by atoms with Gasteiger partial charge in [-0.1, -0.05) is 59.3 Å². The minimum Gasteiger partial charge on any atom is -0.466 e. The Balaban J connectivity index is 2.97. The van der Waals surface area contributed by atoms with Crippen molar-refractivity contribution in [1.82, 2.24) is 0 Å². The summed E-state index contributed by atoms with van der Waals surface area (Å²) >= 11 is 3.60. The van der Waals surface area contributed by atoms with Gasteiger partial charge in [-0.2, -0.15) is 0 Å². The van der Waals surface area contributed by atoms with Gasteiger partial charge in [-0.3, -0.25) is 4.79 Å². The number of halogens is 1. The van der Waals surface area contributed by atoms with Crippen LogP contribution in [0.3, 0.4) is 0 Å². The molecule has 0 aliphatic heterocycles. The van der Waals surface area contributed by atoms with Crippen molar-refractivity contribution in [3.05, 3.63) is 53.0 Å². The molecule has 1 aromatic rings. The van der Waals surface area contributed by atoms with Gasteiger partial charge >= 0.3 is 5.97 Å². The van der Waals surface area contributed by atoms with Crippen LogP contribution >= 0.6 is 15.9 Å². The average molecular weight is 351 g/mol. The van der Waals surface area contributed by atoms with Gasteiger partial charge in [0.2, 0.25) is 0 Å². The topological polar surface area (TPSA) is 26.3 Å². The van der Waals surface area contributed by atoms with Crippen LogP contribution in [0.1, 0.15) is 38.7 Å². The Morgan fingerprint density at radius 2 is 2.00 bits per heavy atom. The molecule has 0 bridgehead atoms. The molecule has 1 atom stereocenters. The molecule has 0 amide bonds. The van der Waals surface area contributed by atoms with E-state index < -0.39 is 5.41 Å². The number of benzene rings is 1. The molecule has 1 aromatic carbocycles. The zero-order valence-electron chi connectivity index (χ0n) is 12.8. The molecule has 21 heavy (non-hydrogen) atoms. The lowest BCUT2D eigenvalue weighted by molar-refractivity contribution is -0.155. The van der Waals surface area contributed by atoms with Gasteiger partial charge in [0.05, 0.1) is 12.0 Å². The van der Waals surface area contributed by atoms with E-state index in [2.05, 4.69) is 22.5 Å². The Morgan fingerprint density at radius 1 is 1.33 bits per heavy atom. The first-order valence-corrected chi connectivity index (χ1v) is 8.06. The van der Waals surface area contributed by atoms with Crippen LogP contribution in [0.25, 0.3) is 6.08 Å². The first-order chi connectivity index (χ1) is 10.1. The van der Waals surface area contributed by atoms with E-state index in [4.69, 9.17) is 4.74 Å². The summed E-state index contributed by atoms with van der Waals surface area (Å²) < 4.78 is 6.26. The highest BCUT2D eigenvalue weighted by atomic mass is 79.9. The molecule has 0 spiro atoms. The SMILES string of the molecule is C=CC[C@@](CC)(C/C(Br)=C/c1ccccc1)C(=O)OCC. The fraction of sp³-hybridized carbons (Fsp3) is 0.389. The van der Waals surface area contributed by atoms with Crippen molar-refractivity contribution in [2.24, 2.45) is 5.41 Å². The molecule has 0 unspecified atom stereocenters. The number of hydrogen-bond acceptors (Lipinski definition) is 2. The summed E-state index contributed by atoms with van der Waals surface area (Å²) in [6.07, 6.45) is 5.79. The van der Waals surface area contributed by atoms with Gasteiger partial charge in [-0.15, -0.1) is 6.58 Å². The van der Waals surface area contributed by atoms with Crippen LogP contribution in [0.2, 0.25) is 0 Å². The van der Waals surface area contributed by atoms with Crippen LogP contribution < -0.4 is 0 Å². The van der Waals surface area contributed by atoms with Crippen LogP contribution in [0.5, 0.6) is 0 Å². The van der Waals surface area contributed by atoms with Crippen LogP contribution in [-0.4, -0.2) is 12.6 Å². The first-order valence-electron chi connectivity index (χ1n) is 7.27. The van der Waals surface area contributed by atoms with E-state index in [1.165, 1.54) is 0 Å². The Bertz CT molecular complexity index is 493. The molecule has 0 aliphatic rings. The lowest BCUT2D eigenvalue weighted by Gasteiger charge is -2.29. The van der Waals surface area contributed by atoms with Crippen LogP contribution in [0, 0.1) is 5.41 Å². The third-order valence-electron chi connectivity index (χ3n) is 3.55. The van der Waals surface area contributed by atoms with Crippen molar-refractivity contribution in [2.45, 2.75) is 33.1 Å². The van der Waals surface area contributed by atoms with Crippen LogP contribution in [-0.2, 0) is 9.53 Å². The quantitative estimate of drug-likeness (QED) is 0.466. The van der Waals surface area contributed by atoms with Gasteiger partial charge in [-0.25, -0.2) is 0 Å². The van der Waals surface area contributed by atoms with Crippen molar-refractivity contribution in [2.75, 3.05) is 6.61 Å². The number of allylic oxidation sites excluding steroid dienone is 2. The summed E-state index contributed by atoms with van der Waals surface area (Å²) in [5.74, 6) is -0.147. The second-order valence-electron chi connectivity index (χ2n) is 5.03. The fourth-order valence-corrected chi connectivity index (χ4v) is 3.11. The Hall–Kier alpha value is -1.35. The lowest BCUT2D eigenvalue weighted by Crippen LogP contribution is -2.32. The first kappa shape index (κ1) is 17.7. The molecule has 0 saturated heterocycles. The summed E-state index contributed by atoms with van der Waals surface area (Å²) in [6.45, 7) is 8.04. The largest absolute Gasteiger partial charge is 0.466 e. The summed E-state index contributed by atoms with van der Waals surface area (Å²) in [6, 6.07) is 10.0. The minimum absolute atomic E-state index is 0.147. The molecular weight excluding hydrogens is 328 g/mol. The molecule has 0 fully saturated rings. The zero-order valence-corrected chi connectivity index (χ0v) is 14.4. The maximum Gasteiger partial charge on any atom is 0.312 e. The fourth-order valence-electron chi connectivity index (χ4n) is 2.31. The van der Waals surface area contributed by atoms with E-state index in [1.54, 1.807) is 6.08 Å². The van der Waals surface area contributed by atoms with Gasteiger partial charge in [0.1, 0.15) is 0 Å². The predicted octanol–water partition coefficient (Wildman–Crippen LogP) is 5.35. The van der Waals surface area contributed by atoms with Gasteiger partial charge < -0.3 is 4.74 Å². The van der Waals surface area contributed by atoms with E-state index >= 15 is 0 Å². The molecular formula is C18H23BrO2. The smallest absolute Gasteiger partial charge is 0.312 e. The Morgan fingerprint density at radius 3 is 2.52 bits per heavy atom. The van der Waals surface area contributed by atoms with Gasteiger partial charge in [-0.05, 0) is 42.3 Å². The van der Waals surface area contributed by atoms with E-state index in [1.807, 2.05) is 50.3 Å². The van der Waals surface area contributed by atoms with E-state index in [-0.39, 0.29) is 5.97 Å². The van der Waals surface area contributed by atoms with Crippen molar-refractivity contribution in [3.8, 4) is 0 Å². The lowest BCUT2D eigenvalue weighted by atomic mass is 9.78. The van der Waals surface area contributed by atoms with E-state index in [9.17, 15) is 4.79 Å². The normalized spacial score (nSPS) is 14.3. The monoisotopic (exact) mass is 350 g/mol. The number of hydrogen-bond donors (Lipinski definition) is 0. The summed E-state index contributed by atoms with van der Waals surface area (Å²) in [5.41, 5.74) is 0.568. The maximum absolute atomic E-state index is 12.4. The van der Waals surface area contributed by atoms with Gasteiger partial charge in [0, 0.05) is 0 Å². The third kappa shape index (κ3) is 5.16. The van der Waals surface area contributed by atoms with Crippen LogP contribution in [0.4, 0.5) is 0 Å². The highest BCUT2D eigenvalue weighted by Crippen LogP contribution is 2.38. The van der Waals surface area contributed by atoms with E-state index in [0.717, 1.165) is 16.5 Å². The molecule has 0 saturated carbocycles. The van der Waals surface area contributed by atoms with Crippen LogP contribution in [0.15, 0.2) is 47.5 Å². The Kier molecular flexibility index (Phi) is 7.44. The minimum atomic E-state index is -0.540. The Labute approximate surface area is 136 Å². The van der Waals surface area contributed by atoms with Crippen molar-refractivity contribution < 1.29 is 9.53 Å². The highest BCUT2D eigenvalue weighted by molar-refractivity contribution is 9.11. The standard InChI is InChI=1S/C18H23BrO2/c1-4-12-18(5-2,17(20)21-6-3)14-16(19)13-15-10-8-7-9-11-15/h4,7-11,13H,1,5-6,12,14H2,2-3H3/b16-13-/t18-/m0/s1. The van der Waals surface area contributed by atoms with Crippen molar-refractivity contribution >= 4 is 28.0 Å². The van der Waals surface area contributed by atoms with E-state index in [0.29, 0.717) is 19.4 Å². The maximum atomic E-state index is 12.4. The number of ether oxygens (including phenoxy) is 1. The average Bonchev–Trinajstić information content (AvgIpc) is 2.47. The molecule has 3 heteroatoms. The van der Waals surface area contributed by atoms with Gasteiger partial charge in [0.25, 0.3) is 0 Å². The molecule has 0 aliphatic carbocycles. The molecule has 0 aromatic heterocycles. The zero-order chi connectivity index (χ0) is 15.7. The third-order valence-corrected chi connectivity index (χ3v) is 4.06. The summed E-state index contributed by atoms with van der Waals surface area (Å²) in [7, 11) is 0. The van der Waals surface area contributed by atoms with Gasteiger partial charge in [0.15, 0.2) is 0 Å². The molecule has 114 valence electrons. The second kappa shape index (κ2) is 8.83. The number of carbonyl (C=O) groups excluding carboxylic acids is 1. The number of esters is 1. The highest BCUT2D eigenvalue weighted by Gasteiger charge is 2.37. The van der Waals surface area contributed by atoms with Crippen molar-refractivity contribution in [3.63, 3.8) is 0 Å². The molecule has 0 radical (unpaired) electrons. The predicted molar refractivity (Wildman–Crippen MR) is 92.1 cm³/mol. The summed E-state index contributed by atoms with van der Waals surface area (Å²) in [4.78, 5) is 12.4. The molecule has 0 N–H and O–H groups in total.